The van der Waals surface area contributed by atoms with Crippen molar-refractivity contribution in [2.45, 2.75) is 38.8 Å². The van der Waals surface area contributed by atoms with Gasteiger partial charge in [-0.05, 0) is 0 Å². The number of nitrogens with two attached hydrogens (primary N) is 1. The van der Waals surface area contributed by atoms with Crippen LogP contribution in [0, 0.1) is 0 Å². The van der Waals surface area contributed by atoms with Crippen LogP contribution in [0.3, 0.4) is 0 Å². The minimum atomic E-state index is 0.167. The SMILES string of the molecule is CC(C)(C)c1csc(CN2CC(N)C2)n1. The number of likely N-dealkylation sites (tertiary alicyclic amines) is 1. The van der Waals surface area contributed by atoms with Crippen molar-refractivity contribution in [2.75, 3.05) is 13.1 Å². The van der Waals surface area contributed by atoms with Crippen molar-refractivity contribution in [3.05, 3.63) is 16.1 Å². The lowest BCUT2D eigenvalue weighted by Crippen LogP contribution is -2.54. The van der Waals surface area contributed by atoms with Crippen LogP contribution in [0.15, 0.2) is 5.38 Å². The molecule has 0 aliphatic carbocycles. The number of aromatic nitrogens is 1. The van der Waals surface area contributed by atoms with Crippen LogP contribution < -0.4 is 5.73 Å². The van der Waals surface area contributed by atoms with Gasteiger partial charge in [-0.2, -0.15) is 0 Å². The van der Waals surface area contributed by atoms with E-state index in [9.17, 15) is 0 Å². The minimum absolute atomic E-state index is 0.167. The van der Waals surface area contributed by atoms with E-state index in [1.54, 1.807) is 11.3 Å². The van der Waals surface area contributed by atoms with Crippen molar-refractivity contribution in [2.24, 2.45) is 5.73 Å². The Morgan fingerprint density at radius 1 is 1.53 bits per heavy atom. The van der Waals surface area contributed by atoms with E-state index < -0.39 is 0 Å². The summed E-state index contributed by atoms with van der Waals surface area (Å²) in [5.41, 5.74) is 7.11. The summed E-state index contributed by atoms with van der Waals surface area (Å²) in [7, 11) is 0. The first-order valence-corrected chi connectivity index (χ1v) is 6.26. The van der Waals surface area contributed by atoms with E-state index >= 15 is 0 Å². The zero-order chi connectivity index (χ0) is 11.1. The van der Waals surface area contributed by atoms with Gasteiger partial charge in [-0.25, -0.2) is 4.98 Å². The van der Waals surface area contributed by atoms with Crippen LogP contribution in [0.2, 0.25) is 0 Å². The molecule has 2 N–H and O–H groups in total. The molecule has 3 nitrogen and oxygen atoms in total. The van der Waals surface area contributed by atoms with E-state index in [2.05, 4.69) is 36.0 Å². The molecule has 0 amide bonds. The van der Waals surface area contributed by atoms with Crippen LogP contribution >= 0.6 is 11.3 Å². The van der Waals surface area contributed by atoms with Gasteiger partial charge < -0.3 is 5.73 Å². The smallest absolute Gasteiger partial charge is 0.107 e. The largest absolute Gasteiger partial charge is 0.325 e. The Morgan fingerprint density at radius 3 is 2.67 bits per heavy atom. The Labute approximate surface area is 95.3 Å². The fraction of sp³-hybridized carbons (Fsp3) is 0.727. The van der Waals surface area contributed by atoms with Crippen LogP contribution in [-0.4, -0.2) is 29.0 Å². The molecule has 1 aromatic rings. The first-order valence-electron chi connectivity index (χ1n) is 5.38. The summed E-state index contributed by atoms with van der Waals surface area (Å²) in [6.45, 7) is 9.60. The molecule has 1 aliphatic rings. The van der Waals surface area contributed by atoms with E-state index in [0.29, 0.717) is 6.04 Å². The van der Waals surface area contributed by atoms with E-state index in [0.717, 1.165) is 19.6 Å². The highest BCUT2D eigenvalue weighted by Gasteiger charge is 2.24. The van der Waals surface area contributed by atoms with Crippen LogP contribution in [0.5, 0.6) is 0 Å². The molecule has 0 radical (unpaired) electrons. The summed E-state index contributed by atoms with van der Waals surface area (Å²) in [5.74, 6) is 0. The molecule has 2 heterocycles. The van der Waals surface area contributed by atoms with Crippen molar-refractivity contribution in [1.82, 2.24) is 9.88 Å². The lowest BCUT2D eigenvalue weighted by atomic mass is 9.93. The Kier molecular flexibility index (Phi) is 2.83. The van der Waals surface area contributed by atoms with Gasteiger partial charge in [0, 0.05) is 29.9 Å². The molecule has 1 fully saturated rings. The van der Waals surface area contributed by atoms with Gasteiger partial charge in [-0.1, -0.05) is 20.8 Å². The van der Waals surface area contributed by atoms with Gasteiger partial charge in [0.2, 0.25) is 0 Å². The number of nitrogens with zero attached hydrogens (tertiary/aromatic N) is 2. The highest BCUT2D eigenvalue weighted by Crippen LogP contribution is 2.25. The number of rotatable bonds is 2. The maximum atomic E-state index is 5.74. The molecule has 0 saturated carbocycles. The first kappa shape index (κ1) is 11.0. The molecule has 0 unspecified atom stereocenters. The quantitative estimate of drug-likeness (QED) is 0.831. The molecule has 0 spiro atoms. The molecular formula is C11H19N3S. The normalized spacial score (nSPS) is 19.2. The molecular weight excluding hydrogens is 206 g/mol. The number of thiazole rings is 1. The summed E-state index contributed by atoms with van der Waals surface area (Å²) in [6, 6.07) is 0.382. The van der Waals surface area contributed by atoms with Gasteiger partial charge in [0.25, 0.3) is 0 Å². The van der Waals surface area contributed by atoms with Crippen LogP contribution in [-0.2, 0) is 12.0 Å². The molecule has 0 atom stereocenters. The fourth-order valence-electron chi connectivity index (χ4n) is 1.66. The third kappa shape index (κ3) is 2.56. The Balaban J connectivity index is 1.96. The third-order valence-corrected chi connectivity index (χ3v) is 3.50. The lowest BCUT2D eigenvalue weighted by Gasteiger charge is -2.36. The van der Waals surface area contributed by atoms with Crippen molar-refractivity contribution in [3.8, 4) is 0 Å². The summed E-state index contributed by atoms with van der Waals surface area (Å²) in [6.07, 6.45) is 0. The number of hydrogen-bond donors (Lipinski definition) is 1. The summed E-state index contributed by atoms with van der Waals surface area (Å²) in [5, 5.41) is 3.39. The van der Waals surface area contributed by atoms with Crippen molar-refractivity contribution >= 4 is 11.3 Å². The predicted octanol–water partition coefficient (Wildman–Crippen LogP) is 1.58. The molecule has 0 aromatic carbocycles. The van der Waals surface area contributed by atoms with Crippen LogP contribution in [0.4, 0.5) is 0 Å². The summed E-state index contributed by atoms with van der Waals surface area (Å²) < 4.78 is 0. The maximum Gasteiger partial charge on any atom is 0.107 e. The van der Waals surface area contributed by atoms with Crippen molar-refractivity contribution in [3.63, 3.8) is 0 Å². The average Bonchev–Trinajstić information content (AvgIpc) is 2.49. The van der Waals surface area contributed by atoms with Gasteiger partial charge in [-0.3, -0.25) is 4.90 Å². The van der Waals surface area contributed by atoms with E-state index in [-0.39, 0.29) is 5.41 Å². The zero-order valence-corrected chi connectivity index (χ0v) is 10.5. The topological polar surface area (TPSA) is 42.1 Å². The fourth-order valence-corrected chi connectivity index (χ4v) is 2.72. The van der Waals surface area contributed by atoms with E-state index in [4.69, 9.17) is 5.73 Å². The zero-order valence-electron chi connectivity index (χ0n) is 9.66. The molecule has 1 aromatic heterocycles. The first-order chi connectivity index (χ1) is 6.95. The molecule has 4 heteroatoms. The van der Waals surface area contributed by atoms with Gasteiger partial charge in [0.05, 0.1) is 12.2 Å². The van der Waals surface area contributed by atoms with Crippen LogP contribution in [0.25, 0.3) is 0 Å². The second-order valence-corrected chi connectivity index (χ2v) is 6.27. The standard InChI is InChI=1S/C11H19N3S/c1-11(2,3)9-7-15-10(13-9)6-14-4-8(12)5-14/h7-8H,4-6,12H2,1-3H3. The van der Waals surface area contributed by atoms with Crippen LogP contribution in [0.1, 0.15) is 31.5 Å². The molecule has 84 valence electrons. The average molecular weight is 225 g/mol. The molecule has 0 bridgehead atoms. The summed E-state index contributed by atoms with van der Waals surface area (Å²) in [4.78, 5) is 7.01. The minimum Gasteiger partial charge on any atom is -0.325 e. The van der Waals surface area contributed by atoms with E-state index in [1.807, 2.05) is 0 Å². The van der Waals surface area contributed by atoms with Crippen molar-refractivity contribution in [1.29, 1.82) is 0 Å². The van der Waals surface area contributed by atoms with E-state index in [1.165, 1.54) is 10.7 Å². The van der Waals surface area contributed by atoms with Crippen molar-refractivity contribution < 1.29 is 0 Å². The highest BCUT2D eigenvalue weighted by molar-refractivity contribution is 7.09. The summed E-state index contributed by atoms with van der Waals surface area (Å²) >= 11 is 1.76. The molecule has 2 rings (SSSR count). The Bertz CT molecular complexity index is 334. The second-order valence-electron chi connectivity index (χ2n) is 5.33. The molecule has 15 heavy (non-hydrogen) atoms. The van der Waals surface area contributed by atoms with Gasteiger partial charge in [0.1, 0.15) is 5.01 Å². The number of hydrogen-bond acceptors (Lipinski definition) is 4. The highest BCUT2D eigenvalue weighted by atomic mass is 32.1. The maximum absolute atomic E-state index is 5.74. The predicted molar refractivity (Wildman–Crippen MR) is 64.1 cm³/mol. The molecule has 1 aliphatic heterocycles. The van der Waals surface area contributed by atoms with Gasteiger partial charge in [0.15, 0.2) is 0 Å². The third-order valence-electron chi connectivity index (χ3n) is 2.66. The Morgan fingerprint density at radius 2 is 2.20 bits per heavy atom. The second kappa shape index (κ2) is 3.85. The lowest BCUT2D eigenvalue weighted by molar-refractivity contribution is 0.142. The monoisotopic (exact) mass is 225 g/mol. The Hall–Kier alpha value is -0.450. The molecule has 1 saturated heterocycles. The van der Waals surface area contributed by atoms with Gasteiger partial charge >= 0.3 is 0 Å². The van der Waals surface area contributed by atoms with Gasteiger partial charge in [-0.15, -0.1) is 11.3 Å².